The van der Waals surface area contributed by atoms with E-state index in [1.807, 2.05) is 18.2 Å². The quantitative estimate of drug-likeness (QED) is 0.849. The lowest BCUT2D eigenvalue weighted by Gasteiger charge is -2.13. The fraction of sp³-hybridized carbons (Fsp3) is 0.286. The summed E-state index contributed by atoms with van der Waals surface area (Å²) < 4.78 is 0. The maximum absolute atomic E-state index is 8.91. The number of nitriles is 1. The van der Waals surface area contributed by atoms with Crippen LogP contribution in [0.2, 0.25) is 0 Å². The lowest BCUT2D eigenvalue weighted by molar-refractivity contribution is 0.586. The molecule has 18 heavy (non-hydrogen) atoms. The van der Waals surface area contributed by atoms with Crippen molar-refractivity contribution in [3.8, 4) is 17.3 Å². The van der Waals surface area contributed by atoms with Crippen LogP contribution in [-0.2, 0) is 5.41 Å². The first-order valence-corrected chi connectivity index (χ1v) is 6.51. The molecule has 2 aromatic rings. The van der Waals surface area contributed by atoms with Crippen LogP contribution in [0.3, 0.4) is 0 Å². The molecule has 0 spiro atoms. The van der Waals surface area contributed by atoms with E-state index in [9.17, 15) is 0 Å². The molecule has 1 aromatic heterocycles. The van der Waals surface area contributed by atoms with E-state index in [0.29, 0.717) is 10.6 Å². The second-order valence-electron chi connectivity index (χ2n) is 5.17. The van der Waals surface area contributed by atoms with Gasteiger partial charge in [0.2, 0.25) is 0 Å². The lowest BCUT2D eigenvalue weighted by Crippen LogP contribution is -2.10. The number of nitrogen functional groups attached to an aromatic ring is 1. The molecule has 0 saturated heterocycles. The third-order valence-electron chi connectivity index (χ3n) is 2.56. The van der Waals surface area contributed by atoms with Gasteiger partial charge < -0.3 is 5.73 Å². The number of hydrogen-bond acceptors (Lipinski definition) is 4. The first kappa shape index (κ1) is 12.6. The molecule has 2 rings (SSSR count). The SMILES string of the molecule is CC(C)(C)c1nc(-c2cccc(C#N)c2)c(N)s1. The fourth-order valence-corrected chi connectivity index (χ4v) is 2.51. The molecule has 0 bridgehead atoms. The molecule has 4 heteroatoms. The summed E-state index contributed by atoms with van der Waals surface area (Å²) in [4.78, 5) is 4.61. The number of rotatable bonds is 1. The summed E-state index contributed by atoms with van der Waals surface area (Å²) in [6, 6.07) is 9.50. The Labute approximate surface area is 111 Å². The molecule has 3 nitrogen and oxygen atoms in total. The molecule has 2 N–H and O–H groups in total. The zero-order valence-electron chi connectivity index (χ0n) is 10.7. The molecule has 0 fully saturated rings. The minimum atomic E-state index is -0.0100. The molecular formula is C14H15N3S. The monoisotopic (exact) mass is 257 g/mol. The number of benzene rings is 1. The molecule has 0 radical (unpaired) electrons. The highest BCUT2D eigenvalue weighted by Gasteiger charge is 2.21. The van der Waals surface area contributed by atoms with Crippen LogP contribution >= 0.6 is 11.3 Å². The summed E-state index contributed by atoms with van der Waals surface area (Å²) in [7, 11) is 0. The van der Waals surface area contributed by atoms with E-state index in [4.69, 9.17) is 11.0 Å². The predicted octanol–water partition coefficient (Wildman–Crippen LogP) is 3.56. The van der Waals surface area contributed by atoms with Crippen molar-refractivity contribution in [2.45, 2.75) is 26.2 Å². The molecule has 0 aliphatic rings. The molecule has 0 amide bonds. The minimum Gasteiger partial charge on any atom is -0.389 e. The van der Waals surface area contributed by atoms with E-state index < -0.39 is 0 Å². The number of anilines is 1. The zero-order chi connectivity index (χ0) is 13.3. The van der Waals surface area contributed by atoms with Gasteiger partial charge in [-0.1, -0.05) is 32.9 Å². The van der Waals surface area contributed by atoms with Gasteiger partial charge in [0, 0.05) is 11.0 Å². The average molecular weight is 257 g/mol. The third-order valence-corrected chi connectivity index (χ3v) is 3.87. The summed E-state index contributed by atoms with van der Waals surface area (Å²) in [5.41, 5.74) is 8.33. The van der Waals surface area contributed by atoms with Crippen molar-refractivity contribution in [2.75, 3.05) is 5.73 Å². The Kier molecular flexibility index (Phi) is 3.10. The Bertz CT molecular complexity index is 615. The van der Waals surface area contributed by atoms with Gasteiger partial charge >= 0.3 is 0 Å². The van der Waals surface area contributed by atoms with E-state index in [-0.39, 0.29) is 5.41 Å². The molecule has 0 aliphatic heterocycles. The topological polar surface area (TPSA) is 62.7 Å². The summed E-state index contributed by atoms with van der Waals surface area (Å²) >= 11 is 1.51. The number of aromatic nitrogens is 1. The first-order valence-electron chi connectivity index (χ1n) is 5.69. The largest absolute Gasteiger partial charge is 0.389 e. The Morgan fingerprint density at radius 1 is 1.33 bits per heavy atom. The molecule has 0 saturated carbocycles. The standard InChI is InChI=1S/C14H15N3S/c1-14(2,3)13-17-11(12(16)18-13)10-6-4-5-9(7-10)8-15/h4-7H,16H2,1-3H3. The van der Waals surface area contributed by atoms with Gasteiger partial charge in [-0.15, -0.1) is 11.3 Å². The Morgan fingerprint density at radius 2 is 2.06 bits per heavy atom. The van der Waals surface area contributed by atoms with Crippen molar-refractivity contribution in [3.63, 3.8) is 0 Å². The molecule has 1 aromatic carbocycles. The number of nitrogens with zero attached hydrogens (tertiary/aromatic N) is 2. The molecule has 0 aliphatic carbocycles. The van der Waals surface area contributed by atoms with Crippen LogP contribution in [0.15, 0.2) is 24.3 Å². The highest BCUT2D eigenvalue weighted by molar-refractivity contribution is 7.16. The zero-order valence-corrected chi connectivity index (χ0v) is 11.5. The van der Waals surface area contributed by atoms with Crippen LogP contribution in [0.4, 0.5) is 5.00 Å². The van der Waals surface area contributed by atoms with Crippen molar-refractivity contribution in [3.05, 3.63) is 34.8 Å². The predicted molar refractivity (Wildman–Crippen MR) is 75.4 cm³/mol. The third kappa shape index (κ3) is 2.36. The molecule has 0 unspecified atom stereocenters. The van der Waals surface area contributed by atoms with Gasteiger partial charge in [0.15, 0.2) is 0 Å². The van der Waals surface area contributed by atoms with Crippen LogP contribution in [0.5, 0.6) is 0 Å². The Hall–Kier alpha value is -1.86. The number of hydrogen-bond donors (Lipinski definition) is 1. The van der Waals surface area contributed by atoms with E-state index in [2.05, 4.69) is 31.8 Å². The first-order chi connectivity index (χ1) is 8.41. The highest BCUT2D eigenvalue weighted by Crippen LogP contribution is 2.36. The highest BCUT2D eigenvalue weighted by atomic mass is 32.1. The van der Waals surface area contributed by atoms with Gasteiger partial charge in [-0.3, -0.25) is 0 Å². The molecule has 1 heterocycles. The summed E-state index contributed by atoms with van der Waals surface area (Å²) in [5.74, 6) is 0. The van der Waals surface area contributed by atoms with Crippen LogP contribution in [-0.4, -0.2) is 4.98 Å². The van der Waals surface area contributed by atoms with E-state index >= 15 is 0 Å². The second-order valence-corrected chi connectivity index (χ2v) is 6.21. The average Bonchev–Trinajstić information content (AvgIpc) is 2.71. The normalized spacial score (nSPS) is 11.2. The van der Waals surface area contributed by atoms with E-state index in [1.165, 1.54) is 11.3 Å². The van der Waals surface area contributed by atoms with Crippen molar-refractivity contribution < 1.29 is 0 Å². The number of thiazole rings is 1. The van der Waals surface area contributed by atoms with Crippen molar-refractivity contribution >= 4 is 16.3 Å². The maximum Gasteiger partial charge on any atom is 0.114 e. The number of nitrogens with two attached hydrogens (primary N) is 1. The minimum absolute atomic E-state index is 0.0100. The molecule has 0 atom stereocenters. The second kappa shape index (κ2) is 4.43. The van der Waals surface area contributed by atoms with E-state index in [1.54, 1.807) is 6.07 Å². The van der Waals surface area contributed by atoms with Crippen LogP contribution in [0.1, 0.15) is 31.3 Å². The van der Waals surface area contributed by atoms with Crippen molar-refractivity contribution in [1.82, 2.24) is 4.98 Å². The van der Waals surface area contributed by atoms with Gasteiger partial charge in [-0.25, -0.2) is 4.98 Å². The molecular weight excluding hydrogens is 242 g/mol. The van der Waals surface area contributed by atoms with Crippen molar-refractivity contribution in [1.29, 1.82) is 5.26 Å². The Balaban J connectivity index is 2.52. The van der Waals surface area contributed by atoms with Crippen LogP contribution in [0.25, 0.3) is 11.3 Å². The van der Waals surface area contributed by atoms with Crippen LogP contribution < -0.4 is 5.73 Å². The summed E-state index contributed by atoms with van der Waals surface area (Å²) in [6.07, 6.45) is 0. The van der Waals surface area contributed by atoms with Crippen molar-refractivity contribution in [2.24, 2.45) is 0 Å². The van der Waals surface area contributed by atoms with Gasteiger partial charge in [-0.05, 0) is 12.1 Å². The van der Waals surface area contributed by atoms with Crippen LogP contribution in [0, 0.1) is 11.3 Å². The van der Waals surface area contributed by atoms with Gasteiger partial charge in [0.05, 0.1) is 11.6 Å². The summed E-state index contributed by atoms with van der Waals surface area (Å²) in [5, 5.41) is 10.6. The van der Waals surface area contributed by atoms with E-state index in [0.717, 1.165) is 16.3 Å². The summed E-state index contributed by atoms with van der Waals surface area (Å²) in [6.45, 7) is 6.34. The van der Waals surface area contributed by atoms with Gasteiger partial charge in [0.25, 0.3) is 0 Å². The Morgan fingerprint density at radius 3 is 2.61 bits per heavy atom. The molecule has 92 valence electrons. The van der Waals surface area contributed by atoms with Gasteiger partial charge in [0.1, 0.15) is 15.7 Å². The van der Waals surface area contributed by atoms with Gasteiger partial charge in [-0.2, -0.15) is 5.26 Å². The fourth-order valence-electron chi connectivity index (χ4n) is 1.60. The lowest BCUT2D eigenvalue weighted by atomic mass is 9.98. The smallest absolute Gasteiger partial charge is 0.114 e. The maximum atomic E-state index is 8.91.